The fraction of sp³-hybridized carbons (Fsp3) is 0.133. The van der Waals surface area contributed by atoms with Crippen LogP contribution >= 0.6 is 11.6 Å². The molecule has 0 bridgehead atoms. The van der Waals surface area contributed by atoms with Crippen LogP contribution in [0.3, 0.4) is 0 Å². The number of carboxylic acid groups (broad SMARTS) is 1. The molecule has 0 heterocycles. The number of allylic oxidation sites excluding steroid dienone is 4. The van der Waals surface area contributed by atoms with Gasteiger partial charge >= 0.3 is 5.97 Å². The van der Waals surface area contributed by atoms with Gasteiger partial charge in [0.2, 0.25) is 0 Å². The van der Waals surface area contributed by atoms with E-state index in [1.165, 1.54) is 6.08 Å². The Bertz CT molecular complexity index is 529. The van der Waals surface area contributed by atoms with Gasteiger partial charge in [-0.15, -0.1) is 11.6 Å². The number of rotatable bonds is 3. The number of carbonyl (C=O) groups is 1. The summed E-state index contributed by atoms with van der Waals surface area (Å²) < 4.78 is 0. The van der Waals surface area contributed by atoms with Gasteiger partial charge < -0.3 is 5.11 Å². The van der Waals surface area contributed by atoms with Crippen molar-refractivity contribution < 1.29 is 9.90 Å². The SMILES string of the molecule is O=C(O)C1(Cl)C=CC(C=Cc2ccccc2)=CC1. The lowest BCUT2D eigenvalue weighted by Gasteiger charge is -2.19. The smallest absolute Gasteiger partial charge is 0.329 e. The molecule has 0 saturated heterocycles. The summed E-state index contributed by atoms with van der Waals surface area (Å²) in [5.41, 5.74) is 2.07. The second kappa shape index (κ2) is 5.23. The van der Waals surface area contributed by atoms with Crippen molar-refractivity contribution in [3.63, 3.8) is 0 Å². The first kappa shape index (κ1) is 12.7. The van der Waals surface area contributed by atoms with Crippen LogP contribution in [0.25, 0.3) is 6.08 Å². The number of benzene rings is 1. The molecule has 0 radical (unpaired) electrons. The van der Waals surface area contributed by atoms with Gasteiger partial charge in [-0.1, -0.05) is 60.7 Å². The normalized spacial score (nSPS) is 23.1. The van der Waals surface area contributed by atoms with Crippen LogP contribution in [-0.4, -0.2) is 16.0 Å². The van der Waals surface area contributed by atoms with Gasteiger partial charge in [0, 0.05) is 0 Å². The van der Waals surface area contributed by atoms with Gasteiger partial charge in [-0.05, 0) is 17.6 Å². The summed E-state index contributed by atoms with van der Waals surface area (Å²) in [6.07, 6.45) is 9.34. The van der Waals surface area contributed by atoms with E-state index < -0.39 is 10.8 Å². The highest BCUT2D eigenvalue weighted by Crippen LogP contribution is 2.28. The molecule has 1 unspecified atom stereocenters. The number of hydrogen-bond donors (Lipinski definition) is 1. The van der Waals surface area contributed by atoms with Crippen LogP contribution < -0.4 is 0 Å². The van der Waals surface area contributed by atoms with E-state index in [1.54, 1.807) is 6.08 Å². The number of hydrogen-bond acceptors (Lipinski definition) is 1. The quantitative estimate of drug-likeness (QED) is 0.843. The lowest BCUT2D eigenvalue weighted by Crippen LogP contribution is -2.30. The molecule has 1 atom stereocenters. The van der Waals surface area contributed by atoms with Gasteiger partial charge in [0.1, 0.15) is 0 Å². The molecular formula is C15H13ClO2. The summed E-state index contributed by atoms with van der Waals surface area (Å²) in [5.74, 6) is -1.01. The zero-order valence-corrected chi connectivity index (χ0v) is 10.5. The van der Waals surface area contributed by atoms with Gasteiger partial charge in [0.05, 0.1) is 0 Å². The second-order valence-electron chi connectivity index (χ2n) is 4.15. The zero-order valence-electron chi connectivity index (χ0n) is 9.71. The topological polar surface area (TPSA) is 37.3 Å². The minimum Gasteiger partial charge on any atom is -0.480 e. The van der Waals surface area contributed by atoms with Gasteiger partial charge in [0.15, 0.2) is 4.87 Å². The van der Waals surface area contributed by atoms with Crippen molar-refractivity contribution in [2.24, 2.45) is 0 Å². The van der Waals surface area contributed by atoms with E-state index in [0.29, 0.717) is 6.42 Å². The Morgan fingerprint density at radius 3 is 2.56 bits per heavy atom. The molecule has 1 aromatic carbocycles. The van der Waals surface area contributed by atoms with Crippen LogP contribution in [0.15, 0.2) is 60.2 Å². The molecular weight excluding hydrogens is 248 g/mol. The molecule has 2 rings (SSSR count). The molecule has 18 heavy (non-hydrogen) atoms. The summed E-state index contributed by atoms with van der Waals surface area (Å²) in [7, 11) is 0. The van der Waals surface area contributed by atoms with Crippen molar-refractivity contribution in [2.45, 2.75) is 11.3 Å². The Morgan fingerprint density at radius 2 is 2.00 bits per heavy atom. The molecule has 0 fully saturated rings. The van der Waals surface area contributed by atoms with E-state index in [4.69, 9.17) is 16.7 Å². The monoisotopic (exact) mass is 260 g/mol. The van der Waals surface area contributed by atoms with E-state index in [0.717, 1.165) is 11.1 Å². The Kier molecular flexibility index (Phi) is 3.68. The molecule has 1 aliphatic carbocycles. The average molecular weight is 261 g/mol. The Morgan fingerprint density at radius 1 is 1.28 bits per heavy atom. The molecule has 3 heteroatoms. The molecule has 0 saturated carbocycles. The van der Waals surface area contributed by atoms with Crippen molar-refractivity contribution >= 4 is 23.6 Å². The fourth-order valence-electron chi connectivity index (χ4n) is 1.67. The van der Waals surface area contributed by atoms with E-state index in [1.807, 2.05) is 48.6 Å². The largest absolute Gasteiger partial charge is 0.480 e. The molecule has 1 aliphatic rings. The van der Waals surface area contributed by atoms with Crippen LogP contribution in [-0.2, 0) is 4.79 Å². The molecule has 1 N–H and O–H groups in total. The third-order valence-electron chi connectivity index (χ3n) is 2.80. The maximum Gasteiger partial charge on any atom is 0.329 e. The summed E-state index contributed by atoms with van der Waals surface area (Å²) in [6, 6.07) is 9.92. The van der Waals surface area contributed by atoms with Gasteiger partial charge in [-0.25, -0.2) is 4.79 Å². The zero-order chi connectivity index (χ0) is 13.0. The highest BCUT2D eigenvalue weighted by Gasteiger charge is 2.33. The fourth-order valence-corrected chi connectivity index (χ4v) is 1.81. The predicted octanol–water partition coefficient (Wildman–Crippen LogP) is 3.65. The Hall–Kier alpha value is -1.80. The molecule has 2 nitrogen and oxygen atoms in total. The summed E-state index contributed by atoms with van der Waals surface area (Å²) >= 11 is 5.94. The third-order valence-corrected chi connectivity index (χ3v) is 3.24. The van der Waals surface area contributed by atoms with Crippen LogP contribution in [0.4, 0.5) is 0 Å². The summed E-state index contributed by atoms with van der Waals surface area (Å²) in [6.45, 7) is 0. The molecule has 92 valence electrons. The molecule has 0 aromatic heterocycles. The summed E-state index contributed by atoms with van der Waals surface area (Å²) in [5, 5.41) is 8.96. The van der Waals surface area contributed by atoms with E-state index in [9.17, 15) is 4.79 Å². The van der Waals surface area contributed by atoms with Crippen LogP contribution in [0.1, 0.15) is 12.0 Å². The van der Waals surface area contributed by atoms with Crippen LogP contribution in [0.5, 0.6) is 0 Å². The molecule has 0 amide bonds. The summed E-state index contributed by atoms with van der Waals surface area (Å²) in [4.78, 5) is 9.64. The van der Waals surface area contributed by atoms with Crippen LogP contribution in [0.2, 0.25) is 0 Å². The Balaban J connectivity index is 2.07. The molecule has 0 aliphatic heterocycles. The lowest BCUT2D eigenvalue weighted by atomic mass is 9.95. The van der Waals surface area contributed by atoms with E-state index in [2.05, 4.69) is 0 Å². The lowest BCUT2D eigenvalue weighted by molar-refractivity contribution is -0.138. The van der Waals surface area contributed by atoms with E-state index in [-0.39, 0.29) is 0 Å². The number of aliphatic carboxylic acids is 1. The number of alkyl halides is 1. The first-order valence-electron chi connectivity index (χ1n) is 5.65. The van der Waals surface area contributed by atoms with Crippen molar-refractivity contribution in [1.29, 1.82) is 0 Å². The van der Waals surface area contributed by atoms with Crippen molar-refractivity contribution in [3.05, 3.63) is 65.8 Å². The third kappa shape index (κ3) is 2.90. The number of halogens is 1. The number of carboxylic acids is 1. The molecule has 0 spiro atoms. The average Bonchev–Trinajstić information content (AvgIpc) is 2.39. The second-order valence-corrected chi connectivity index (χ2v) is 4.83. The maximum atomic E-state index is 10.9. The van der Waals surface area contributed by atoms with Gasteiger partial charge in [-0.2, -0.15) is 0 Å². The van der Waals surface area contributed by atoms with Crippen molar-refractivity contribution in [3.8, 4) is 0 Å². The minimum absolute atomic E-state index is 0.300. The molecule has 1 aromatic rings. The van der Waals surface area contributed by atoms with E-state index >= 15 is 0 Å². The first-order chi connectivity index (χ1) is 8.60. The predicted molar refractivity (Wildman–Crippen MR) is 73.5 cm³/mol. The highest BCUT2D eigenvalue weighted by molar-refractivity contribution is 6.35. The van der Waals surface area contributed by atoms with Crippen molar-refractivity contribution in [1.82, 2.24) is 0 Å². The van der Waals surface area contributed by atoms with Gasteiger partial charge in [0.25, 0.3) is 0 Å². The highest BCUT2D eigenvalue weighted by atomic mass is 35.5. The van der Waals surface area contributed by atoms with Gasteiger partial charge in [-0.3, -0.25) is 0 Å². The van der Waals surface area contributed by atoms with Crippen LogP contribution in [0, 0.1) is 0 Å². The Labute approximate surface area is 111 Å². The van der Waals surface area contributed by atoms with Crippen molar-refractivity contribution in [2.75, 3.05) is 0 Å². The first-order valence-corrected chi connectivity index (χ1v) is 6.03. The maximum absolute atomic E-state index is 10.9. The minimum atomic E-state index is -1.29. The standard InChI is InChI=1S/C15H13ClO2/c16-15(14(17)18)10-8-13(9-11-15)7-6-12-4-2-1-3-5-12/h1-10H,11H2,(H,17,18).